The summed E-state index contributed by atoms with van der Waals surface area (Å²) in [4.78, 5) is 11.7. The molecule has 90 valence electrons. The van der Waals surface area contributed by atoms with Crippen LogP contribution in [0.4, 0.5) is 0 Å². The molecule has 0 aliphatic rings. The number of hydrogen-bond acceptors (Lipinski definition) is 4. The van der Waals surface area contributed by atoms with Crippen molar-refractivity contribution in [3.05, 3.63) is 17.5 Å². The van der Waals surface area contributed by atoms with E-state index in [1.165, 1.54) is 11.3 Å². The smallest absolute Gasteiger partial charge is 0.322 e. The predicted octanol–water partition coefficient (Wildman–Crippen LogP) is 2.59. The van der Waals surface area contributed by atoms with Crippen LogP contribution in [0.3, 0.4) is 0 Å². The van der Waals surface area contributed by atoms with E-state index < -0.39 is 16.0 Å². The zero-order valence-corrected chi connectivity index (χ0v) is 11.1. The summed E-state index contributed by atoms with van der Waals surface area (Å²) in [6.45, 7) is 4.06. The summed E-state index contributed by atoms with van der Waals surface area (Å²) in [5.41, 5.74) is 0. The Morgan fingerprint density at radius 3 is 2.81 bits per heavy atom. The van der Waals surface area contributed by atoms with Crippen LogP contribution in [0.15, 0.2) is 21.7 Å². The van der Waals surface area contributed by atoms with Crippen molar-refractivity contribution in [2.75, 3.05) is 6.61 Å². The van der Waals surface area contributed by atoms with Gasteiger partial charge in [-0.2, -0.15) is 0 Å². The van der Waals surface area contributed by atoms with E-state index in [0.717, 1.165) is 10.6 Å². The van der Waals surface area contributed by atoms with Gasteiger partial charge in [-0.25, -0.2) is 0 Å². The third-order valence-corrected chi connectivity index (χ3v) is 4.97. The first-order valence-corrected chi connectivity index (χ1v) is 7.40. The monoisotopic (exact) mass is 260 g/mol. The number of carbonyl (C=O) groups excluding carboxylic acids is 1. The van der Waals surface area contributed by atoms with Gasteiger partial charge in [0.15, 0.2) is 0 Å². The van der Waals surface area contributed by atoms with E-state index in [1.54, 1.807) is 13.0 Å². The molecule has 2 atom stereocenters. The van der Waals surface area contributed by atoms with Crippen molar-refractivity contribution in [3.8, 4) is 0 Å². The molecule has 0 saturated carbocycles. The molecule has 5 heteroatoms. The fraction of sp³-hybridized carbons (Fsp3) is 0.545. The lowest BCUT2D eigenvalue weighted by Crippen LogP contribution is -2.27. The fourth-order valence-corrected chi connectivity index (χ4v) is 3.86. The zero-order chi connectivity index (χ0) is 12.0. The van der Waals surface area contributed by atoms with Gasteiger partial charge in [-0.05, 0) is 24.8 Å². The van der Waals surface area contributed by atoms with Gasteiger partial charge in [-0.3, -0.25) is 9.00 Å². The first-order chi connectivity index (χ1) is 7.70. The van der Waals surface area contributed by atoms with E-state index in [4.69, 9.17) is 4.74 Å². The summed E-state index contributed by atoms with van der Waals surface area (Å²) in [5, 5.41) is 1.34. The van der Waals surface area contributed by atoms with Crippen LogP contribution in [-0.4, -0.2) is 22.0 Å². The highest BCUT2D eigenvalue weighted by Crippen LogP contribution is 2.20. The molecule has 2 unspecified atom stereocenters. The van der Waals surface area contributed by atoms with E-state index in [9.17, 15) is 9.00 Å². The first-order valence-electron chi connectivity index (χ1n) is 5.31. The number of rotatable bonds is 6. The Bertz CT molecular complexity index is 346. The Kier molecular flexibility index (Phi) is 5.69. The average molecular weight is 260 g/mol. The van der Waals surface area contributed by atoms with Crippen LogP contribution in [0.1, 0.15) is 26.7 Å². The number of hydrogen-bond donors (Lipinski definition) is 0. The van der Waals surface area contributed by atoms with Crippen LogP contribution in [0.5, 0.6) is 0 Å². The van der Waals surface area contributed by atoms with Crippen molar-refractivity contribution in [2.45, 2.75) is 36.1 Å². The average Bonchev–Trinajstić information content (AvgIpc) is 2.78. The van der Waals surface area contributed by atoms with Crippen LogP contribution in [0.2, 0.25) is 0 Å². The van der Waals surface area contributed by atoms with Gasteiger partial charge in [0.2, 0.25) is 0 Å². The second-order valence-electron chi connectivity index (χ2n) is 3.26. The van der Waals surface area contributed by atoms with Gasteiger partial charge in [0.25, 0.3) is 0 Å². The highest BCUT2D eigenvalue weighted by Gasteiger charge is 2.27. The zero-order valence-electron chi connectivity index (χ0n) is 9.47. The van der Waals surface area contributed by atoms with Gasteiger partial charge < -0.3 is 4.74 Å². The fourth-order valence-electron chi connectivity index (χ4n) is 1.33. The molecule has 0 radical (unpaired) electrons. The highest BCUT2D eigenvalue weighted by molar-refractivity contribution is 7.88. The van der Waals surface area contributed by atoms with Crippen molar-refractivity contribution in [3.63, 3.8) is 0 Å². The Hall–Kier alpha value is -0.680. The number of esters is 1. The maximum absolute atomic E-state index is 12.1. The lowest BCUT2D eigenvalue weighted by atomic mass is 10.2. The summed E-state index contributed by atoms with van der Waals surface area (Å²) in [6, 6.07) is 3.63. The van der Waals surface area contributed by atoms with Gasteiger partial charge in [0, 0.05) is 0 Å². The second-order valence-corrected chi connectivity index (χ2v) is 6.07. The first kappa shape index (κ1) is 13.4. The minimum absolute atomic E-state index is 0.334. The molecule has 0 bridgehead atoms. The summed E-state index contributed by atoms with van der Waals surface area (Å²) in [6.07, 6.45) is 1.42. The lowest BCUT2D eigenvalue weighted by Gasteiger charge is -2.13. The molecule has 0 N–H and O–H groups in total. The Labute approximate surface area is 102 Å². The van der Waals surface area contributed by atoms with E-state index >= 15 is 0 Å². The van der Waals surface area contributed by atoms with Crippen molar-refractivity contribution < 1.29 is 13.7 Å². The summed E-state index contributed by atoms with van der Waals surface area (Å²) >= 11 is 1.41. The lowest BCUT2D eigenvalue weighted by molar-refractivity contribution is -0.142. The normalized spacial score (nSPS) is 14.4. The topological polar surface area (TPSA) is 43.4 Å². The molecular formula is C11H16O3S2. The van der Waals surface area contributed by atoms with Crippen molar-refractivity contribution in [1.29, 1.82) is 0 Å². The predicted molar refractivity (Wildman–Crippen MR) is 66.1 cm³/mol. The molecular weight excluding hydrogens is 244 g/mol. The third-order valence-electron chi connectivity index (χ3n) is 2.05. The van der Waals surface area contributed by atoms with E-state index in [2.05, 4.69) is 0 Å². The van der Waals surface area contributed by atoms with E-state index in [1.807, 2.05) is 18.4 Å². The molecule has 0 spiro atoms. The summed E-state index contributed by atoms with van der Waals surface area (Å²) in [5.74, 6) is -0.351. The largest absolute Gasteiger partial charge is 0.465 e. The quantitative estimate of drug-likeness (QED) is 0.738. The van der Waals surface area contributed by atoms with E-state index in [0.29, 0.717) is 13.0 Å². The Balaban J connectivity index is 2.77. The second kappa shape index (κ2) is 6.81. The Morgan fingerprint density at radius 2 is 2.31 bits per heavy atom. The van der Waals surface area contributed by atoms with Crippen molar-refractivity contribution >= 4 is 28.1 Å². The van der Waals surface area contributed by atoms with Gasteiger partial charge in [0.05, 0.1) is 21.6 Å². The molecule has 1 heterocycles. The van der Waals surface area contributed by atoms with Crippen molar-refractivity contribution in [2.24, 2.45) is 0 Å². The van der Waals surface area contributed by atoms with Crippen LogP contribution < -0.4 is 0 Å². The molecule has 0 amide bonds. The highest BCUT2D eigenvalue weighted by atomic mass is 32.2. The van der Waals surface area contributed by atoms with Gasteiger partial charge in [0.1, 0.15) is 5.25 Å². The standard InChI is InChI=1S/C11H16O3S2/c1-3-6-9(11(12)14-4-2)16(13)10-7-5-8-15-10/h5,7-9H,3-4,6H2,1-2H3. The minimum atomic E-state index is -1.28. The van der Waals surface area contributed by atoms with E-state index in [-0.39, 0.29) is 5.97 Å². The number of carbonyl (C=O) groups is 1. The molecule has 3 nitrogen and oxygen atoms in total. The third kappa shape index (κ3) is 3.42. The van der Waals surface area contributed by atoms with Crippen LogP contribution >= 0.6 is 11.3 Å². The maximum atomic E-state index is 12.1. The molecule has 1 aromatic heterocycles. The van der Waals surface area contributed by atoms with Crippen molar-refractivity contribution in [1.82, 2.24) is 0 Å². The molecule has 1 rings (SSSR count). The van der Waals surface area contributed by atoms with Gasteiger partial charge in [-0.1, -0.05) is 19.4 Å². The summed E-state index contributed by atoms with van der Waals surface area (Å²) in [7, 11) is -1.28. The van der Waals surface area contributed by atoms with Gasteiger partial charge >= 0.3 is 5.97 Å². The number of ether oxygens (including phenoxy) is 1. The molecule has 0 saturated heterocycles. The molecule has 1 aromatic rings. The van der Waals surface area contributed by atoms with Gasteiger partial charge in [-0.15, -0.1) is 11.3 Å². The maximum Gasteiger partial charge on any atom is 0.322 e. The van der Waals surface area contributed by atoms with Crippen LogP contribution in [0, 0.1) is 0 Å². The molecule has 0 aliphatic carbocycles. The Morgan fingerprint density at radius 1 is 1.56 bits per heavy atom. The molecule has 0 fully saturated rings. The molecule has 0 aromatic carbocycles. The van der Waals surface area contributed by atoms with Crippen LogP contribution in [0.25, 0.3) is 0 Å². The molecule has 0 aliphatic heterocycles. The summed E-state index contributed by atoms with van der Waals surface area (Å²) < 4.78 is 17.8. The molecule has 16 heavy (non-hydrogen) atoms. The van der Waals surface area contributed by atoms with Crippen LogP contribution in [-0.2, 0) is 20.3 Å². The number of thiophene rings is 1. The minimum Gasteiger partial charge on any atom is -0.465 e. The SMILES string of the molecule is CCCC(C(=O)OCC)S(=O)c1cccs1.